The van der Waals surface area contributed by atoms with Gasteiger partial charge in [0, 0.05) is 17.3 Å². The minimum Gasteiger partial charge on any atom is -0.449 e. The Morgan fingerprint density at radius 3 is 2.60 bits per heavy atom. The zero-order valence-corrected chi connectivity index (χ0v) is 14.5. The normalized spacial score (nSPS) is 12.0. The minimum atomic E-state index is -1.01. The van der Waals surface area contributed by atoms with Crippen molar-refractivity contribution < 1.29 is 18.7 Å². The monoisotopic (exact) mass is 361 g/mol. The SMILES string of the molecule is Cc1ccccc1NC(=O)C(C)OC(=O)C=Cc1c(F)cccc1Cl. The molecule has 25 heavy (non-hydrogen) atoms. The number of carbonyl (C=O) groups is 2. The second kappa shape index (κ2) is 8.44. The fourth-order valence-electron chi connectivity index (χ4n) is 2.04. The van der Waals surface area contributed by atoms with Gasteiger partial charge in [0.15, 0.2) is 6.10 Å². The molecule has 1 amide bonds. The van der Waals surface area contributed by atoms with Crippen LogP contribution in [-0.2, 0) is 14.3 Å². The molecule has 1 unspecified atom stereocenters. The van der Waals surface area contributed by atoms with E-state index in [-0.39, 0.29) is 10.6 Å². The van der Waals surface area contributed by atoms with Gasteiger partial charge >= 0.3 is 5.97 Å². The molecule has 0 saturated carbocycles. The number of para-hydroxylation sites is 1. The number of rotatable bonds is 5. The molecule has 0 aliphatic rings. The number of hydrogen-bond donors (Lipinski definition) is 1. The summed E-state index contributed by atoms with van der Waals surface area (Å²) in [4.78, 5) is 23.9. The van der Waals surface area contributed by atoms with Crippen LogP contribution in [0.5, 0.6) is 0 Å². The summed E-state index contributed by atoms with van der Waals surface area (Å²) in [5, 5.41) is 2.86. The molecule has 0 aliphatic heterocycles. The fourth-order valence-corrected chi connectivity index (χ4v) is 2.26. The summed E-state index contributed by atoms with van der Waals surface area (Å²) in [6, 6.07) is 11.5. The lowest BCUT2D eigenvalue weighted by atomic mass is 10.2. The molecule has 0 radical (unpaired) electrons. The van der Waals surface area contributed by atoms with Crippen LogP contribution in [0.3, 0.4) is 0 Å². The van der Waals surface area contributed by atoms with E-state index in [1.165, 1.54) is 31.2 Å². The Hall–Kier alpha value is -2.66. The number of aryl methyl sites for hydroxylation is 1. The Morgan fingerprint density at radius 1 is 1.20 bits per heavy atom. The van der Waals surface area contributed by atoms with Crippen LogP contribution in [0.25, 0.3) is 6.08 Å². The summed E-state index contributed by atoms with van der Waals surface area (Å²) in [7, 11) is 0. The van der Waals surface area contributed by atoms with Gasteiger partial charge in [-0.25, -0.2) is 9.18 Å². The maximum atomic E-state index is 13.6. The average Bonchev–Trinajstić information content (AvgIpc) is 2.56. The van der Waals surface area contributed by atoms with Gasteiger partial charge in [-0.15, -0.1) is 0 Å². The Labute approximate surface area is 150 Å². The first-order valence-electron chi connectivity index (χ1n) is 7.57. The quantitative estimate of drug-likeness (QED) is 0.635. The van der Waals surface area contributed by atoms with Crippen LogP contribution in [0.2, 0.25) is 5.02 Å². The van der Waals surface area contributed by atoms with Crippen molar-refractivity contribution in [2.75, 3.05) is 5.32 Å². The van der Waals surface area contributed by atoms with Crippen LogP contribution in [0.4, 0.5) is 10.1 Å². The molecule has 6 heteroatoms. The topological polar surface area (TPSA) is 55.4 Å². The molecule has 0 bridgehead atoms. The number of hydrogen-bond acceptors (Lipinski definition) is 3. The van der Waals surface area contributed by atoms with Crippen LogP contribution >= 0.6 is 11.6 Å². The molecule has 1 atom stereocenters. The Balaban J connectivity index is 1.97. The van der Waals surface area contributed by atoms with Crippen LogP contribution in [0, 0.1) is 12.7 Å². The van der Waals surface area contributed by atoms with Gasteiger partial charge in [-0.1, -0.05) is 35.9 Å². The largest absolute Gasteiger partial charge is 0.449 e. The summed E-state index contributed by atoms with van der Waals surface area (Å²) >= 11 is 5.87. The van der Waals surface area contributed by atoms with E-state index >= 15 is 0 Å². The van der Waals surface area contributed by atoms with Crippen LogP contribution in [-0.4, -0.2) is 18.0 Å². The molecule has 0 heterocycles. The third-order valence-corrected chi connectivity index (χ3v) is 3.78. The van der Waals surface area contributed by atoms with Crippen LogP contribution in [0.1, 0.15) is 18.1 Å². The first-order chi connectivity index (χ1) is 11.9. The number of carbonyl (C=O) groups excluding carboxylic acids is 2. The highest BCUT2D eigenvalue weighted by Gasteiger charge is 2.17. The molecular formula is C19H17ClFNO3. The van der Waals surface area contributed by atoms with Crippen molar-refractivity contribution in [3.05, 3.63) is 70.5 Å². The summed E-state index contributed by atoms with van der Waals surface area (Å²) in [6.45, 7) is 3.31. The summed E-state index contributed by atoms with van der Waals surface area (Å²) in [6.07, 6.45) is 1.24. The Morgan fingerprint density at radius 2 is 1.92 bits per heavy atom. The molecule has 130 valence electrons. The highest BCUT2D eigenvalue weighted by molar-refractivity contribution is 6.32. The van der Waals surface area contributed by atoms with Gasteiger partial charge in [0.2, 0.25) is 0 Å². The van der Waals surface area contributed by atoms with E-state index in [1.807, 2.05) is 19.1 Å². The second-order valence-electron chi connectivity index (χ2n) is 5.35. The lowest BCUT2D eigenvalue weighted by molar-refractivity contribution is -0.148. The first-order valence-corrected chi connectivity index (χ1v) is 7.95. The predicted molar refractivity (Wildman–Crippen MR) is 95.8 cm³/mol. The zero-order chi connectivity index (χ0) is 18.4. The standard InChI is InChI=1S/C19H17ClFNO3/c1-12-6-3-4-9-17(12)22-19(24)13(2)25-18(23)11-10-14-15(20)7-5-8-16(14)21/h3-11,13H,1-2H3,(H,22,24). The number of esters is 1. The first kappa shape index (κ1) is 18.7. The molecule has 0 aromatic heterocycles. The maximum absolute atomic E-state index is 13.6. The van der Waals surface area contributed by atoms with Gasteiger partial charge in [-0.3, -0.25) is 4.79 Å². The van der Waals surface area contributed by atoms with Gasteiger partial charge < -0.3 is 10.1 Å². The van der Waals surface area contributed by atoms with E-state index in [4.69, 9.17) is 16.3 Å². The second-order valence-corrected chi connectivity index (χ2v) is 5.76. The summed E-state index contributed by atoms with van der Waals surface area (Å²) in [5.74, 6) is -1.78. The van der Waals surface area contributed by atoms with Gasteiger partial charge in [0.05, 0.1) is 5.02 Å². The Bertz CT molecular complexity index is 800. The lowest BCUT2D eigenvalue weighted by Gasteiger charge is -2.13. The number of amides is 1. The number of benzene rings is 2. The average molecular weight is 362 g/mol. The smallest absolute Gasteiger partial charge is 0.331 e. The Kier molecular flexibility index (Phi) is 6.31. The lowest BCUT2D eigenvalue weighted by Crippen LogP contribution is -2.29. The molecule has 1 N–H and O–H groups in total. The van der Waals surface area contributed by atoms with E-state index in [2.05, 4.69) is 5.32 Å². The number of ether oxygens (including phenoxy) is 1. The van der Waals surface area contributed by atoms with Crippen molar-refractivity contribution in [1.82, 2.24) is 0 Å². The highest BCUT2D eigenvalue weighted by Crippen LogP contribution is 2.20. The predicted octanol–water partition coefficient (Wildman–Crippen LogP) is 4.37. The van der Waals surface area contributed by atoms with Gasteiger partial charge in [-0.2, -0.15) is 0 Å². The fraction of sp³-hybridized carbons (Fsp3) is 0.158. The molecule has 0 fully saturated rings. The van der Waals surface area contributed by atoms with E-state index in [0.717, 1.165) is 11.6 Å². The van der Waals surface area contributed by atoms with Gasteiger partial charge in [0.25, 0.3) is 5.91 Å². The number of halogens is 2. The van der Waals surface area contributed by atoms with Crippen molar-refractivity contribution in [3.63, 3.8) is 0 Å². The molecule has 2 aromatic carbocycles. The van der Waals surface area contributed by atoms with E-state index in [9.17, 15) is 14.0 Å². The third-order valence-electron chi connectivity index (χ3n) is 3.45. The van der Waals surface area contributed by atoms with Crippen LogP contribution < -0.4 is 5.32 Å². The molecule has 2 aromatic rings. The van der Waals surface area contributed by atoms with Crippen molar-refractivity contribution >= 4 is 35.2 Å². The molecule has 0 aliphatic carbocycles. The maximum Gasteiger partial charge on any atom is 0.331 e. The summed E-state index contributed by atoms with van der Waals surface area (Å²) in [5.41, 5.74) is 1.62. The van der Waals surface area contributed by atoms with Gasteiger partial charge in [0.1, 0.15) is 5.82 Å². The molecule has 0 saturated heterocycles. The number of nitrogens with one attached hydrogen (secondary N) is 1. The summed E-state index contributed by atoms with van der Waals surface area (Å²) < 4.78 is 18.6. The molecular weight excluding hydrogens is 345 g/mol. The van der Waals surface area contributed by atoms with E-state index in [1.54, 1.807) is 12.1 Å². The molecule has 2 rings (SSSR count). The molecule has 4 nitrogen and oxygen atoms in total. The van der Waals surface area contributed by atoms with Crippen molar-refractivity contribution in [3.8, 4) is 0 Å². The highest BCUT2D eigenvalue weighted by atomic mass is 35.5. The minimum absolute atomic E-state index is 0.0816. The molecule has 0 spiro atoms. The van der Waals surface area contributed by atoms with Crippen LogP contribution in [0.15, 0.2) is 48.5 Å². The zero-order valence-electron chi connectivity index (χ0n) is 13.8. The van der Waals surface area contributed by atoms with Gasteiger partial charge in [-0.05, 0) is 43.7 Å². The van der Waals surface area contributed by atoms with Crippen molar-refractivity contribution in [2.24, 2.45) is 0 Å². The number of anilines is 1. The van der Waals surface area contributed by atoms with E-state index < -0.39 is 23.8 Å². The third kappa shape index (κ3) is 5.16. The van der Waals surface area contributed by atoms with Crippen molar-refractivity contribution in [2.45, 2.75) is 20.0 Å². The van der Waals surface area contributed by atoms with E-state index in [0.29, 0.717) is 5.69 Å². The van der Waals surface area contributed by atoms with Crippen molar-refractivity contribution in [1.29, 1.82) is 0 Å².